The second-order valence-corrected chi connectivity index (χ2v) is 5.66. The summed E-state index contributed by atoms with van der Waals surface area (Å²) in [6.07, 6.45) is 1.64. The van der Waals surface area contributed by atoms with Crippen LogP contribution in [0.1, 0.15) is 41.0 Å². The van der Waals surface area contributed by atoms with Crippen molar-refractivity contribution in [3.63, 3.8) is 0 Å². The van der Waals surface area contributed by atoms with Gasteiger partial charge in [0.2, 0.25) is 0 Å². The first-order valence-electron chi connectivity index (χ1n) is 6.61. The number of nitrogen functional groups attached to an aromatic ring is 1. The van der Waals surface area contributed by atoms with Crippen molar-refractivity contribution in [2.45, 2.75) is 25.8 Å². The number of nitrogens with one attached hydrogen (secondary N) is 1. The quantitative estimate of drug-likeness (QED) is 0.823. The standard InChI is InChI=1S/C15H16F2N2OS/c1-2-4-13(14-5-3-6-21-14)19-15(20)9-7-10(16)11(17)8-12(9)18/h3,5-8,13H,2,4,18H2,1H3,(H,19,20). The lowest BCUT2D eigenvalue weighted by Crippen LogP contribution is -2.28. The molecule has 2 rings (SSSR count). The fourth-order valence-electron chi connectivity index (χ4n) is 2.06. The van der Waals surface area contributed by atoms with Gasteiger partial charge in [-0.05, 0) is 23.9 Å². The molecule has 1 unspecified atom stereocenters. The summed E-state index contributed by atoms with van der Waals surface area (Å²) in [6, 6.07) is 5.33. The first-order valence-corrected chi connectivity index (χ1v) is 7.49. The Morgan fingerprint density at radius 2 is 2.10 bits per heavy atom. The van der Waals surface area contributed by atoms with Gasteiger partial charge in [-0.2, -0.15) is 0 Å². The number of benzene rings is 1. The van der Waals surface area contributed by atoms with Gasteiger partial charge in [-0.1, -0.05) is 19.4 Å². The van der Waals surface area contributed by atoms with Crippen LogP contribution in [0.4, 0.5) is 14.5 Å². The van der Waals surface area contributed by atoms with Crippen molar-refractivity contribution in [2.24, 2.45) is 0 Å². The second kappa shape index (κ2) is 6.67. The number of carbonyl (C=O) groups excluding carboxylic acids is 1. The molecule has 0 fully saturated rings. The number of carbonyl (C=O) groups is 1. The van der Waals surface area contributed by atoms with Crippen LogP contribution in [0.5, 0.6) is 0 Å². The maximum Gasteiger partial charge on any atom is 0.253 e. The molecule has 1 aromatic carbocycles. The zero-order chi connectivity index (χ0) is 15.4. The normalized spacial score (nSPS) is 12.1. The third-order valence-corrected chi connectivity index (χ3v) is 4.09. The molecule has 1 amide bonds. The minimum atomic E-state index is -1.09. The Morgan fingerprint density at radius 1 is 1.38 bits per heavy atom. The van der Waals surface area contributed by atoms with E-state index in [4.69, 9.17) is 5.73 Å². The molecule has 0 aliphatic heterocycles. The van der Waals surface area contributed by atoms with E-state index in [-0.39, 0.29) is 17.3 Å². The van der Waals surface area contributed by atoms with Gasteiger partial charge in [-0.3, -0.25) is 4.79 Å². The van der Waals surface area contributed by atoms with Crippen LogP contribution in [0.15, 0.2) is 29.6 Å². The molecular formula is C15H16F2N2OS. The molecule has 0 saturated carbocycles. The maximum atomic E-state index is 13.3. The topological polar surface area (TPSA) is 55.1 Å². The van der Waals surface area contributed by atoms with Crippen LogP contribution < -0.4 is 11.1 Å². The van der Waals surface area contributed by atoms with E-state index < -0.39 is 17.5 Å². The van der Waals surface area contributed by atoms with Gasteiger partial charge in [0.1, 0.15) is 0 Å². The highest BCUT2D eigenvalue weighted by molar-refractivity contribution is 7.10. The summed E-state index contributed by atoms with van der Waals surface area (Å²) in [5.41, 5.74) is 5.47. The van der Waals surface area contributed by atoms with Crippen LogP contribution in [0, 0.1) is 11.6 Å². The molecule has 0 aliphatic carbocycles. The van der Waals surface area contributed by atoms with E-state index in [2.05, 4.69) is 5.32 Å². The molecule has 2 aromatic rings. The molecule has 3 nitrogen and oxygen atoms in total. The van der Waals surface area contributed by atoms with Crippen molar-refractivity contribution < 1.29 is 13.6 Å². The average Bonchev–Trinajstić information content (AvgIpc) is 2.96. The maximum absolute atomic E-state index is 13.3. The number of thiophene rings is 1. The number of halogens is 2. The highest BCUT2D eigenvalue weighted by Crippen LogP contribution is 2.25. The molecule has 0 bridgehead atoms. The van der Waals surface area contributed by atoms with Gasteiger partial charge in [-0.25, -0.2) is 8.78 Å². The number of nitrogens with two attached hydrogens (primary N) is 1. The lowest BCUT2D eigenvalue weighted by Gasteiger charge is -2.17. The van der Waals surface area contributed by atoms with Crippen molar-refractivity contribution in [1.29, 1.82) is 0 Å². The van der Waals surface area contributed by atoms with Crippen molar-refractivity contribution in [2.75, 3.05) is 5.73 Å². The zero-order valence-electron chi connectivity index (χ0n) is 11.5. The van der Waals surface area contributed by atoms with Crippen molar-refractivity contribution >= 4 is 22.9 Å². The molecule has 0 radical (unpaired) electrons. The largest absolute Gasteiger partial charge is 0.398 e. The average molecular weight is 310 g/mol. The number of hydrogen-bond donors (Lipinski definition) is 2. The molecule has 3 N–H and O–H groups in total. The van der Waals surface area contributed by atoms with E-state index in [1.54, 1.807) is 0 Å². The molecule has 0 saturated heterocycles. The van der Waals surface area contributed by atoms with Crippen LogP contribution in [0.25, 0.3) is 0 Å². The Balaban J connectivity index is 2.21. The fraction of sp³-hybridized carbons (Fsp3) is 0.267. The minimum Gasteiger partial charge on any atom is -0.398 e. The Hall–Kier alpha value is -1.95. The van der Waals surface area contributed by atoms with Crippen LogP contribution in [0.2, 0.25) is 0 Å². The first kappa shape index (κ1) is 15.4. The summed E-state index contributed by atoms with van der Waals surface area (Å²) in [5, 5.41) is 4.75. The highest BCUT2D eigenvalue weighted by Gasteiger charge is 2.19. The Bertz CT molecular complexity index is 629. The third kappa shape index (κ3) is 3.58. The van der Waals surface area contributed by atoms with Gasteiger partial charge in [0.15, 0.2) is 11.6 Å². The van der Waals surface area contributed by atoms with Crippen molar-refractivity contribution in [3.05, 3.63) is 51.7 Å². The van der Waals surface area contributed by atoms with E-state index in [0.717, 1.165) is 29.9 Å². The molecule has 1 atom stereocenters. The Labute approximate surface area is 125 Å². The van der Waals surface area contributed by atoms with Gasteiger partial charge >= 0.3 is 0 Å². The molecular weight excluding hydrogens is 294 g/mol. The molecule has 6 heteroatoms. The van der Waals surface area contributed by atoms with E-state index in [0.29, 0.717) is 0 Å². The van der Waals surface area contributed by atoms with Crippen LogP contribution in [0.3, 0.4) is 0 Å². The number of hydrogen-bond acceptors (Lipinski definition) is 3. The van der Waals surface area contributed by atoms with E-state index in [1.807, 2.05) is 24.4 Å². The summed E-state index contributed by atoms with van der Waals surface area (Å²) >= 11 is 1.54. The highest BCUT2D eigenvalue weighted by atomic mass is 32.1. The Kier molecular flexibility index (Phi) is 4.90. The molecule has 1 aromatic heterocycles. The lowest BCUT2D eigenvalue weighted by atomic mass is 10.1. The van der Waals surface area contributed by atoms with Gasteiger partial charge in [-0.15, -0.1) is 11.3 Å². The molecule has 21 heavy (non-hydrogen) atoms. The summed E-state index contributed by atoms with van der Waals surface area (Å²) in [5.74, 6) is -2.65. The number of amides is 1. The SMILES string of the molecule is CCCC(NC(=O)c1cc(F)c(F)cc1N)c1cccs1. The van der Waals surface area contributed by atoms with Gasteiger partial charge < -0.3 is 11.1 Å². The molecule has 112 valence electrons. The fourth-order valence-corrected chi connectivity index (χ4v) is 2.87. The molecule has 0 spiro atoms. The molecule has 0 aliphatic rings. The smallest absolute Gasteiger partial charge is 0.253 e. The van der Waals surface area contributed by atoms with Gasteiger partial charge in [0, 0.05) is 16.6 Å². The monoisotopic (exact) mass is 310 g/mol. The van der Waals surface area contributed by atoms with E-state index in [9.17, 15) is 13.6 Å². The van der Waals surface area contributed by atoms with Crippen molar-refractivity contribution in [1.82, 2.24) is 5.32 Å². The number of anilines is 1. The van der Waals surface area contributed by atoms with Crippen LogP contribution >= 0.6 is 11.3 Å². The predicted octanol–water partition coefficient (Wildman–Crippen LogP) is 3.88. The van der Waals surface area contributed by atoms with Gasteiger partial charge in [0.25, 0.3) is 5.91 Å². The Morgan fingerprint density at radius 3 is 2.71 bits per heavy atom. The minimum absolute atomic E-state index is 0.0495. The van der Waals surface area contributed by atoms with Gasteiger partial charge in [0.05, 0.1) is 11.6 Å². The zero-order valence-corrected chi connectivity index (χ0v) is 12.3. The number of rotatable bonds is 5. The summed E-state index contributed by atoms with van der Waals surface area (Å²) in [6.45, 7) is 2.01. The summed E-state index contributed by atoms with van der Waals surface area (Å²) in [7, 11) is 0. The predicted molar refractivity (Wildman–Crippen MR) is 80.2 cm³/mol. The van der Waals surface area contributed by atoms with Crippen LogP contribution in [-0.4, -0.2) is 5.91 Å². The lowest BCUT2D eigenvalue weighted by molar-refractivity contribution is 0.0935. The first-order chi connectivity index (χ1) is 10.0. The van der Waals surface area contributed by atoms with E-state index in [1.165, 1.54) is 11.3 Å². The summed E-state index contributed by atoms with van der Waals surface area (Å²) < 4.78 is 26.3. The second-order valence-electron chi connectivity index (χ2n) is 4.68. The van der Waals surface area contributed by atoms with E-state index >= 15 is 0 Å². The van der Waals surface area contributed by atoms with Crippen LogP contribution in [-0.2, 0) is 0 Å². The summed E-state index contributed by atoms with van der Waals surface area (Å²) in [4.78, 5) is 13.3. The third-order valence-electron chi connectivity index (χ3n) is 3.11. The molecule has 1 heterocycles. The van der Waals surface area contributed by atoms with Crippen molar-refractivity contribution in [3.8, 4) is 0 Å².